The van der Waals surface area contributed by atoms with E-state index in [1.807, 2.05) is 34.1 Å². The molecule has 2 unspecified atom stereocenters. The van der Waals surface area contributed by atoms with E-state index >= 15 is 0 Å². The van der Waals surface area contributed by atoms with E-state index in [1.165, 1.54) is 8.70 Å². The maximum absolute atomic E-state index is 10.6. The van der Waals surface area contributed by atoms with Gasteiger partial charge in [0, 0.05) is 0 Å². The van der Waals surface area contributed by atoms with Crippen molar-refractivity contribution in [3.05, 3.63) is 48.5 Å². The van der Waals surface area contributed by atoms with Crippen LogP contribution in [0, 0.1) is 0 Å². The molecular weight excluding hydrogens is 454 g/mol. The van der Waals surface area contributed by atoms with Gasteiger partial charge in [0.25, 0.3) is 0 Å². The van der Waals surface area contributed by atoms with Gasteiger partial charge in [0.15, 0.2) is 0 Å². The number of benzene rings is 2. The summed E-state index contributed by atoms with van der Waals surface area (Å²) in [6.45, 7) is 1.85. The number of rotatable bonds is 10. The number of aliphatic hydroxyl groups excluding tert-OH is 3. The summed E-state index contributed by atoms with van der Waals surface area (Å²) in [6, 6.07) is 16.3. The summed E-state index contributed by atoms with van der Waals surface area (Å²) in [6.07, 6.45) is -0.607. The van der Waals surface area contributed by atoms with Crippen molar-refractivity contribution in [3.8, 4) is 0 Å². The average Bonchev–Trinajstić information content (AvgIpc) is 2.62. The molecule has 7 heteroatoms. The fraction of sp³-hybridized carbons (Fsp3) is 0.368. The molecule has 26 heavy (non-hydrogen) atoms. The molecule has 0 heterocycles. The van der Waals surface area contributed by atoms with Crippen LogP contribution in [0.5, 0.6) is 0 Å². The molecule has 2 atom stereocenters. The van der Waals surface area contributed by atoms with Crippen molar-refractivity contribution in [2.24, 2.45) is 0 Å². The zero-order valence-corrected chi connectivity index (χ0v) is 19.7. The Hall–Kier alpha value is -0.963. The van der Waals surface area contributed by atoms with Crippen LogP contribution in [0.3, 0.4) is 0 Å². The van der Waals surface area contributed by atoms with Gasteiger partial charge in [0.1, 0.15) is 0 Å². The quantitative estimate of drug-likeness (QED) is 0.338. The summed E-state index contributed by atoms with van der Waals surface area (Å²) in [5.74, 6) is 0. The third-order valence-electron chi connectivity index (χ3n) is 4.12. The normalized spacial score (nSPS) is 11.0. The summed E-state index contributed by atoms with van der Waals surface area (Å²) in [5.41, 5.74) is 1.98. The third-order valence-corrected chi connectivity index (χ3v) is 5.73. The molecule has 0 bridgehead atoms. The summed E-state index contributed by atoms with van der Waals surface area (Å²) < 4.78 is 2.47. The molecule has 0 amide bonds. The molecule has 3 N–H and O–H groups in total. The molecule has 0 aromatic heterocycles. The number of hydrogen-bond acceptors (Lipinski definition) is 5. The number of hydrogen-bond donors (Lipinski definition) is 3. The summed E-state index contributed by atoms with van der Waals surface area (Å²) in [4.78, 5) is 3.98. The van der Waals surface area contributed by atoms with Gasteiger partial charge in [0.2, 0.25) is 0 Å². The van der Waals surface area contributed by atoms with Crippen LogP contribution in [0.4, 0.5) is 11.4 Å². The van der Waals surface area contributed by atoms with Crippen molar-refractivity contribution < 1.29 is 15.3 Å². The molecule has 2 aromatic rings. The fourth-order valence-corrected chi connectivity index (χ4v) is 3.64. The summed E-state index contributed by atoms with van der Waals surface area (Å²) in [7, 11) is 0. The molecule has 142 valence electrons. The zero-order valence-electron chi connectivity index (χ0n) is 14.8. The van der Waals surface area contributed by atoms with Crippen molar-refractivity contribution >= 4 is 53.8 Å². The zero-order chi connectivity index (χ0) is 18.9. The van der Waals surface area contributed by atoms with Crippen LogP contribution < -0.4 is 18.5 Å². The monoisotopic (exact) mass is 482 g/mol. The molecule has 0 aliphatic carbocycles. The number of nitrogens with zero attached hydrogens (tertiary/aromatic N) is 2. The van der Waals surface area contributed by atoms with Crippen molar-refractivity contribution in [2.45, 2.75) is 6.10 Å². The molecule has 0 aliphatic rings. The van der Waals surface area contributed by atoms with E-state index in [9.17, 15) is 15.3 Å². The van der Waals surface area contributed by atoms with Crippen LogP contribution in [-0.2, 0) is 0 Å². The number of anilines is 2. The van der Waals surface area contributed by atoms with Crippen LogP contribution in [0.15, 0.2) is 48.5 Å². The average molecular weight is 482 g/mol. The Morgan fingerprint density at radius 2 is 1.04 bits per heavy atom. The van der Waals surface area contributed by atoms with Gasteiger partial charge in [-0.2, -0.15) is 0 Å². The standard InChI is InChI=1S/C19H28As2N2O3/c20-15-1-5-17(6-2-15)22(9-11-24)13-19(26)14-23(10-12-25)18-7-3-16(21)4-8-18/h1-8,19,24-26H,9-14,20-21H2. The van der Waals surface area contributed by atoms with Gasteiger partial charge in [-0.15, -0.1) is 0 Å². The first-order valence-corrected chi connectivity index (χ1v) is 11.1. The Bertz CT molecular complexity index is 595. The molecule has 0 radical (unpaired) electrons. The molecule has 0 aliphatic heterocycles. The molecule has 2 rings (SSSR count). The van der Waals surface area contributed by atoms with Gasteiger partial charge >= 0.3 is 173 Å². The second-order valence-electron chi connectivity index (χ2n) is 6.18. The first-order chi connectivity index (χ1) is 12.5. The van der Waals surface area contributed by atoms with Crippen LogP contribution in [0.25, 0.3) is 0 Å². The van der Waals surface area contributed by atoms with Gasteiger partial charge in [-0.3, -0.25) is 0 Å². The minimum absolute atomic E-state index is 0.0323. The van der Waals surface area contributed by atoms with Gasteiger partial charge in [-0.05, 0) is 0 Å². The Morgan fingerprint density at radius 1 is 0.692 bits per heavy atom. The van der Waals surface area contributed by atoms with Crippen molar-refractivity contribution in [3.63, 3.8) is 0 Å². The van der Waals surface area contributed by atoms with Gasteiger partial charge in [-0.25, -0.2) is 0 Å². The Kier molecular flexibility index (Phi) is 9.04. The molecule has 2 aromatic carbocycles. The van der Waals surface area contributed by atoms with E-state index in [0.29, 0.717) is 26.2 Å². The maximum atomic E-state index is 10.6. The topological polar surface area (TPSA) is 67.2 Å². The SMILES string of the molecule is OCCN(CC(O)CN(CCO)c1ccc([AsH2])cc1)c1ccc([AsH2])cc1. The minimum atomic E-state index is -0.607. The van der Waals surface area contributed by atoms with E-state index in [-0.39, 0.29) is 13.2 Å². The molecular formula is C19H28As2N2O3. The molecule has 0 spiro atoms. The van der Waals surface area contributed by atoms with E-state index in [2.05, 4.69) is 24.3 Å². The van der Waals surface area contributed by atoms with Crippen LogP contribution in [-0.4, -0.2) is 94.5 Å². The van der Waals surface area contributed by atoms with Crippen LogP contribution in [0.1, 0.15) is 0 Å². The number of aliphatic hydroxyl groups is 3. The van der Waals surface area contributed by atoms with Gasteiger partial charge in [0.05, 0.1) is 0 Å². The first-order valence-electron chi connectivity index (χ1n) is 8.64. The molecule has 0 saturated carbocycles. The Balaban J connectivity index is 2.05. The van der Waals surface area contributed by atoms with Gasteiger partial charge in [-0.1, -0.05) is 0 Å². The summed E-state index contributed by atoms with van der Waals surface area (Å²) in [5, 5.41) is 29.4. The Morgan fingerprint density at radius 3 is 1.35 bits per heavy atom. The molecule has 0 saturated heterocycles. The first kappa shape index (κ1) is 21.3. The van der Waals surface area contributed by atoms with Crippen molar-refractivity contribution in [1.82, 2.24) is 0 Å². The Labute approximate surface area is 172 Å². The summed E-state index contributed by atoms with van der Waals surface area (Å²) >= 11 is 3.14. The fourth-order valence-electron chi connectivity index (χ4n) is 2.83. The van der Waals surface area contributed by atoms with Crippen LogP contribution in [0.2, 0.25) is 0 Å². The molecule has 0 fully saturated rings. The van der Waals surface area contributed by atoms with Crippen molar-refractivity contribution in [1.29, 1.82) is 0 Å². The third kappa shape index (κ3) is 6.64. The second-order valence-corrected chi connectivity index (χ2v) is 8.97. The van der Waals surface area contributed by atoms with E-state index in [4.69, 9.17) is 0 Å². The molecule has 5 nitrogen and oxygen atoms in total. The van der Waals surface area contributed by atoms with Crippen LogP contribution >= 0.6 is 0 Å². The predicted molar refractivity (Wildman–Crippen MR) is 114 cm³/mol. The second kappa shape index (κ2) is 11.0. The van der Waals surface area contributed by atoms with E-state index in [0.717, 1.165) is 11.4 Å². The van der Waals surface area contributed by atoms with Gasteiger partial charge < -0.3 is 0 Å². The van der Waals surface area contributed by atoms with Crippen molar-refractivity contribution in [2.75, 3.05) is 49.2 Å². The van der Waals surface area contributed by atoms with E-state index in [1.54, 1.807) is 33.7 Å². The van der Waals surface area contributed by atoms with E-state index < -0.39 is 6.10 Å². The predicted octanol–water partition coefficient (Wildman–Crippen LogP) is -2.14.